The van der Waals surface area contributed by atoms with Crippen LogP contribution in [0.25, 0.3) is 16.6 Å². The van der Waals surface area contributed by atoms with E-state index in [2.05, 4.69) is 21.4 Å². The maximum absolute atomic E-state index is 13.6. The second-order valence-corrected chi connectivity index (χ2v) is 11.6. The highest BCUT2D eigenvalue weighted by Crippen LogP contribution is 2.35. The largest absolute Gasteiger partial charge is 0.353 e. The summed E-state index contributed by atoms with van der Waals surface area (Å²) < 4.78 is 31.0. The van der Waals surface area contributed by atoms with Crippen LogP contribution in [0.1, 0.15) is 25.8 Å². The molecule has 36 heavy (non-hydrogen) atoms. The lowest BCUT2D eigenvalue weighted by Gasteiger charge is -2.24. The molecule has 0 bridgehead atoms. The molecule has 4 aromatic rings. The molecule has 4 heterocycles. The molecule has 8 nitrogen and oxygen atoms in total. The minimum absolute atomic E-state index is 0.0242. The minimum Gasteiger partial charge on any atom is -0.353 e. The number of rotatable bonds is 3. The first-order valence-corrected chi connectivity index (χ1v) is 13.8. The topological polar surface area (TPSA) is 78.2 Å². The number of hydrogen-bond acceptors (Lipinski definition) is 5. The fraction of sp³-hybridized carbons (Fsp3) is 0.333. The highest BCUT2D eigenvalue weighted by molar-refractivity contribution is 7.89. The molecule has 1 saturated heterocycles. The van der Waals surface area contributed by atoms with Crippen molar-refractivity contribution in [2.75, 3.05) is 36.0 Å². The molecular weight excluding hydrogens is 474 g/mol. The van der Waals surface area contributed by atoms with Gasteiger partial charge in [-0.15, -0.1) is 0 Å². The summed E-state index contributed by atoms with van der Waals surface area (Å²) in [6.07, 6.45) is 3.41. The fourth-order valence-corrected chi connectivity index (χ4v) is 7.20. The summed E-state index contributed by atoms with van der Waals surface area (Å²) in [6.45, 7) is 5.67. The lowest BCUT2D eigenvalue weighted by Crippen LogP contribution is -2.35. The molecule has 1 amide bonds. The summed E-state index contributed by atoms with van der Waals surface area (Å²) in [7, 11) is -3.66. The molecule has 0 N–H and O–H groups in total. The van der Waals surface area contributed by atoms with Crippen LogP contribution in [0.15, 0.2) is 65.7 Å². The van der Waals surface area contributed by atoms with Crippen molar-refractivity contribution in [2.24, 2.45) is 0 Å². The lowest BCUT2D eigenvalue weighted by atomic mass is 10.1. The molecule has 2 aliphatic heterocycles. The molecule has 1 atom stereocenters. The van der Waals surface area contributed by atoms with Crippen molar-refractivity contribution in [1.82, 2.24) is 13.7 Å². The van der Waals surface area contributed by atoms with Gasteiger partial charge in [-0.25, -0.2) is 13.4 Å². The van der Waals surface area contributed by atoms with E-state index in [1.165, 1.54) is 0 Å². The van der Waals surface area contributed by atoms with Crippen LogP contribution < -0.4 is 9.80 Å². The highest BCUT2D eigenvalue weighted by Gasteiger charge is 2.33. The Labute approximate surface area is 210 Å². The molecule has 9 heteroatoms. The van der Waals surface area contributed by atoms with Crippen molar-refractivity contribution in [2.45, 2.75) is 37.6 Å². The van der Waals surface area contributed by atoms with Gasteiger partial charge in [-0.2, -0.15) is 4.31 Å². The smallest absolute Gasteiger partial charge is 0.243 e. The zero-order valence-electron chi connectivity index (χ0n) is 20.5. The standard InChI is InChI=1S/C27H29N5O3S/c1-19-17-21-18-22(10-11-24(21)32(19)20(2)33)36(34,35)30-13-6-12-29(15-16-30)27-26-9-5-14-31(26)25-8-4-3-7-23(25)28-27/h3-5,7-11,14,18-19H,6,12-13,15-17H2,1-2H3. The van der Waals surface area contributed by atoms with Crippen molar-refractivity contribution in [3.63, 3.8) is 0 Å². The van der Waals surface area contributed by atoms with E-state index in [1.807, 2.05) is 37.4 Å². The third-order valence-corrected chi connectivity index (χ3v) is 9.24. The number of sulfonamides is 1. The van der Waals surface area contributed by atoms with Gasteiger partial charge in [-0.1, -0.05) is 12.1 Å². The van der Waals surface area contributed by atoms with Gasteiger partial charge in [0, 0.05) is 51.0 Å². The van der Waals surface area contributed by atoms with E-state index >= 15 is 0 Å². The first kappa shape index (κ1) is 23.0. The van der Waals surface area contributed by atoms with Crippen molar-refractivity contribution in [1.29, 1.82) is 0 Å². The van der Waals surface area contributed by atoms with Crippen molar-refractivity contribution < 1.29 is 13.2 Å². The summed E-state index contributed by atoms with van der Waals surface area (Å²) in [5.41, 5.74) is 4.71. The number of fused-ring (bicyclic) bond motifs is 4. The van der Waals surface area contributed by atoms with Crippen molar-refractivity contribution >= 4 is 44.0 Å². The van der Waals surface area contributed by atoms with Gasteiger partial charge in [0.15, 0.2) is 5.82 Å². The van der Waals surface area contributed by atoms with Gasteiger partial charge in [-0.05, 0) is 67.8 Å². The Balaban J connectivity index is 1.27. The summed E-state index contributed by atoms with van der Waals surface area (Å²) >= 11 is 0. The zero-order chi connectivity index (χ0) is 25.0. The molecule has 0 spiro atoms. The van der Waals surface area contributed by atoms with E-state index in [4.69, 9.17) is 4.98 Å². The average molecular weight is 504 g/mol. The normalized spacial score (nSPS) is 19.1. The van der Waals surface area contributed by atoms with Crippen LogP contribution in [0.5, 0.6) is 0 Å². The molecule has 2 aliphatic rings. The number of carbonyl (C=O) groups excluding carboxylic acids is 1. The van der Waals surface area contributed by atoms with E-state index in [0.29, 0.717) is 37.4 Å². The van der Waals surface area contributed by atoms with Crippen LogP contribution in [-0.4, -0.2) is 60.2 Å². The van der Waals surface area contributed by atoms with Crippen molar-refractivity contribution in [3.05, 3.63) is 66.4 Å². The van der Waals surface area contributed by atoms with Crippen LogP contribution in [0.2, 0.25) is 0 Å². The second kappa shape index (κ2) is 8.60. The third kappa shape index (κ3) is 3.65. The molecule has 2 aromatic carbocycles. The Bertz CT molecular complexity index is 1600. The van der Waals surface area contributed by atoms with Gasteiger partial charge >= 0.3 is 0 Å². The van der Waals surface area contributed by atoms with Crippen LogP contribution in [-0.2, 0) is 21.2 Å². The van der Waals surface area contributed by atoms with Gasteiger partial charge in [0.05, 0.1) is 21.4 Å². The van der Waals surface area contributed by atoms with E-state index in [0.717, 1.165) is 40.2 Å². The molecule has 1 fully saturated rings. The van der Waals surface area contributed by atoms with E-state index in [1.54, 1.807) is 34.3 Å². The molecule has 0 saturated carbocycles. The summed E-state index contributed by atoms with van der Waals surface area (Å²) in [6, 6.07) is 17.3. The predicted molar refractivity (Wildman–Crippen MR) is 141 cm³/mol. The third-order valence-electron chi connectivity index (χ3n) is 7.34. The quantitative estimate of drug-likeness (QED) is 0.426. The molecule has 1 unspecified atom stereocenters. The number of benzene rings is 2. The van der Waals surface area contributed by atoms with Crippen LogP contribution in [0.4, 0.5) is 11.5 Å². The summed E-state index contributed by atoms with van der Waals surface area (Å²) in [4.78, 5) is 21.3. The van der Waals surface area contributed by atoms with Gasteiger partial charge in [0.2, 0.25) is 15.9 Å². The maximum Gasteiger partial charge on any atom is 0.243 e. The van der Waals surface area contributed by atoms with Crippen LogP contribution in [0, 0.1) is 0 Å². The summed E-state index contributed by atoms with van der Waals surface area (Å²) in [5.74, 6) is 0.859. The Morgan fingerprint density at radius 3 is 2.61 bits per heavy atom. The predicted octanol–water partition coefficient (Wildman–Crippen LogP) is 3.69. The zero-order valence-corrected chi connectivity index (χ0v) is 21.3. The van der Waals surface area contributed by atoms with Gasteiger partial charge in [0.25, 0.3) is 0 Å². The average Bonchev–Trinajstić information content (AvgIpc) is 3.39. The number of aromatic nitrogens is 2. The SMILES string of the molecule is CC(=O)N1c2ccc(S(=O)(=O)N3CCCN(c4nc5ccccc5n5cccc45)CC3)cc2CC1C. The number of nitrogens with zero attached hydrogens (tertiary/aromatic N) is 5. The molecule has 186 valence electrons. The highest BCUT2D eigenvalue weighted by atomic mass is 32.2. The monoisotopic (exact) mass is 503 g/mol. The lowest BCUT2D eigenvalue weighted by molar-refractivity contribution is -0.116. The number of amides is 1. The Hall–Kier alpha value is -3.43. The van der Waals surface area contributed by atoms with E-state index in [9.17, 15) is 13.2 Å². The van der Waals surface area contributed by atoms with Gasteiger partial charge in [-0.3, -0.25) is 4.79 Å². The van der Waals surface area contributed by atoms with E-state index < -0.39 is 10.0 Å². The number of carbonyl (C=O) groups is 1. The number of para-hydroxylation sites is 2. The Kier molecular flexibility index (Phi) is 5.49. The first-order valence-electron chi connectivity index (χ1n) is 12.4. The molecule has 6 rings (SSSR count). The van der Waals surface area contributed by atoms with Gasteiger partial charge in [0.1, 0.15) is 0 Å². The summed E-state index contributed by atoms with van der Waals surface area (Å²) in [5, 5.41) is 0. The van der Waals surface area contributed by atoms with Crippen LogP contribution >= 0.6 is 0 Å². The maximum atomic E-state index is 13.6. The fourth-order valence-electron chi connectivity index (χ4n) is 5.68. The number of hydrogen-bond donors (Lipinski definition) is 0. The second-order valence-electron chi connectivity index (χ2n) is 9.66. The van der Waals surface area contributed by atoms with Crippen LogP contribution in [0.3, 0.4) is 0 Å². The minimum atomic E-state index is -3.66. The van der Waals surface area contributed by atoms with Crippen molar-refractivity contribution in [3.8, 4) is 0 Å². The molecule has 0 radical (unpaired) electrons. The Morgan fingerprint density at radius 2 is 1.78 bits per heavy atom. The Morgan fingerprint density at radius 1 is 0.972 bits per heavy atom. The molecular formula is C27H29N5O3S. The van der Waals surface area contributed by atoms with Gasteiger partial charge < -0.3 is 14.2 Å². The molecule has 2 aromatic heterocycles. The molecule has 0 aliphatic carbocycles. The first-order chi connectivity index (χ1) is 17.3. The van der Waals surface area contributed by atoms with E-state index in [-0.39, 0.29) is 11.9 Å². The number of anilines is 2.